The van der Waals surface area contributed by atoms with E-state index in [9.17, 15) is 13.2 Å². The van der Waals surface area contributed by atoms with Crippen LogP contribution in [-0.4, -0.2) is 38.7 Å². The predicted octanol–water partition coefficient (Wildman–Crippen LogP) is 1.37. The molecule has 1 saturated heterocycles. The quantitative estimate of drug-likeness (QED) is 0.654. The van der Waals surface area contributed by atoms with Crippen LogP contribution in [0, 0.1) is 0 Å². The van der Waals surface area contributed by atoms with Crippen molar-refractivity contribution in [3.63, 3.8) is 0 Å². The second-order valence-electron chi connectivity index (χ2n) is 5.37. The Hall–Kier alpha value is -1.55. The summed E-state index contributed by atoms with van der Waals surface area (Å²) in [6.45, 7) is 2.68. The zero-order valence-corrected chi connectivity index (χ0v) is 15.0. The lowest BCUT2D eigenvalue weighted by molar-refractivity contribution is -0.119. The Labute approximate surface area is 147 Å². The van der Waals surface area contributed by atoms with E-state index in [-0.39, 0.29) is 28.6 Å². The van der Waals surface area contributed by atoms with E-state index in [4.69, 9.17) is 17.0 Å². The van der Waals surface area contributed by atoms with Crippen molar-refractivity contribution in [1.82, 2.24) is 10.0 Å². The van der Waals surface area contributed by atoms with Crippen molar-refractivity contribution in [3.05, 3.63) is 24.3 Å². The maximum atomic E-state index is 12.2. The molecule has 0 spiro atoms. The lowest BCUT2D eigenvalue weighted by Crippen LogP contribution is -2.33. The third-order valence-electron chi connectivity index (χ3n) is 3.52. The summed E-state index contributed by atoms with van der Waals surface area (Å²) in [6, 6.07) is 6.13. The molecule has 0 radical (unpaired) electrons. The van der Waals surface area contributed by atoms with Crippen molar-refractivity contribution in [2.45, 2.75) is 37.2 Å². The number of carbonyl (C=O) groups excluding carboxylic acids is 1. The first-order valence-electron chi connectivity index (χ1n) is 7.73. The number of anilines is 1. The minimum Gasteiger partial charge on any atom is -0.377 e. The van der Waals surface area contributed by atoms with E-state index in [0.717, 1.165) is 12.8 Å². The van der Waals surface area contributed by atoms with Gasteiger partial charge in [-0.3, -0.25) is 4.79 Å². The fourth-order valence-corrected chi connectivity index (χ4v) is 3.48. The SMILES string of the molecule is CCC(=O)NC(=S)Nc1ccc(S(=O)(=O)NCC2CCCO2)cc1. The number of amides is 1. The van der Waals surface area contributed by atoms with Crippen molar-refractivity contribution >= 4 is 38.9 Å². The summed E-state index contributed by atoms with van der Waals surface area (Å²) < 4.78 is 32.4. The van der Waals surface area contributed by atoms with E-state index < -0.39 is 10.0 Å². The first kappa shape index (κ1) is 18.8. The van der Waals surface area contributed by atoms with Gasteiger partial charge in [0, 0.05) is 25.3 Å². The van der Waals surface area contributed by atoms with E-state index in [1.165, 1.54) is 12.1 Å². The first-order chi connectivity index (χ1) is 11.4. The summed E-state index contributed by atoms with van der Waals surface area (Å²) in [5.74, 6) is -0.190. The minimum absolute atomic E-state index is 0.0553. The van der Waals surface area contributed by atoms with Crippen LogP contribution in [0.25, 0.3) is 0 Å². The van der Waals surface area contributed by atoms with Gasteiger partial charge in [0.25, 0.3) is 0 Å². The van der Waals surface area contributed by atoms with Gasteiger partial charge < -0.3 is 15.4 Å². The van der Waals surface area contributed by atoms with Crippen LogP contribution < -0.4 is 15.4 Å². The molecule has 1 amide bonds. The summed E-state index contributed by atoms with van der Waals surface area (Å²) in [4.78, 5) is 11.4. The summed E-state index contributed by atoms with van der Waals surface area (Å²) in [5.41, 5.74) is 0.592. The molecular formula is C15H21N3O4S2. The topological polar surface area (TPSA) is 96.5 Å². The summed E-state index contributed by atoms with van der Waals surface area (Å²) in [7, 11) is -3.58. The van der Waals surface area contributed by atoms with E-state index in [1.807, 2.05) is 0 Å². The Bertz CT molecular complexity index is 683. The molecule has 1 heterocycles. The highest BCUT2D eigenvalue weighted by Crippen LogP contribution is 2.15. The van der Waals surface area contributed by atoms with Gasteiger partial charge in [-0.05, 0) is 49.3 Å². The standard InChI is InChI=1S/C15H21N3O4S2/c1-2-14(19)18-15(23)17-11-5-7-13(8-6-11)24(20,21)16-10-12-4-3-9-22-12/h5-8,12,16H,2-4,9-10H2,1H3,(H2,17,18,19,23). The molecule has 1 atom stereocenters. The predicted molar refractivity (Wildman–Crippen MR) is 95.3 cm³/mol. The largest absolute Gasteiger partial charge is 0.377 e. The fraction of sp³-hybridized carbons (Fsp3) is 0.467. The van der Waals surface area contributed by atoms with E-state index >= 15 is 0 Å². The van der Waals surface area contributed by atoms with Crippen molar-refractivity contribution in [2.75, 3.05) is 18.5 Å². The maximum absolute atomic E-state index is 12.2. The highest BCUT2D eigenvalue weighted by molar-refractivity contribution is 7.89. The van der Waals surface area contributed by atoms with E-state index in [0.29, 0.717) is 18.7 Å². The molecule has 1 aromatic rings. The van der Waals surface area contributed by atoms with E-state index in [2.05, 4.69) is 15.4 Å². The van der Waals surface area contributed by atoms with Gasteiger partial charge in [-0.25, -0.2) is 13.1 Å². The number of ether oxygens (including phenoxy) is 1. The molecule has 7 nitrogen and oxygen atoms in total. The molecular weight excluding hydrogens is 350 g/mol. The molecule has 24 heavy (non-hydrogen) atoms. The average molecular weight is 371 g/mol. The van der Waals surface area contributed by atoms with Crippen molar-refractivity contribution in [2.24, 2.45) is 0 Å². The number of carbonyl (C=O) groups is 1. The molecule has 0 aromatic heterocycles. The highest BCUT2D eigenvalue weighted by atomic mass is 32.2. The Morgan fingerprint density at radius 3 is 2.62 bits per heavy atom. The van der Waals surface area contributed by atoms with Crippen LogP contribution in [0.1, 0.15) is 26.2 Å². The smallest absolute Gasteiger partial charge is 0.240 e. The molecule has 1 unspecified atom stereocenters. The molecule has 1 aliphatic rings. The molecule has 3 N–H and O–H groups in total. The molecule has 2 rings (SSSR count). The number of hydrogen-bond donors (Lipinski definition) is 3. The molecule has 0 bridgehead atoms. The van der Waals surface area contributed by atoms with Gasteiger partial charge in [0.05, 0.1) is 11.0 Å². The molecule has 1 aliphatic heterocycles. The number of benzene rings is 1. The Balaban J connectivity index is 1.92. The lowest BCUT2D eigenvalue weighted by Gasteiger charge is -2.12. The van der Waals surface area contributed by atoms with Gasteiger partial charge in [0.2, 0.25) is 15.9 Å². The minimum atomic E-state index is -3.58. The zero-order chi connectivity index (χ0) is 17.6. The number of sulfonamides is 1. The Morgan fingerprint density at radius 2 is 2.04 bits per heavy atom. The van der Waals surface area contributed by atoms with Crippen molar-refractivity contribution in [1.29, 1.82) is 0 Å². The number of thiocarbonyl (C=S) groups is 1. The molecule has 9 heteroatoms. The van der Waals surface area contributed by atoms with Crippen molar-refractivity contribution in [3.8, 4) is 0 Å². The van der Waals surface area contributed by atoms with Gasteiger partial charge in [-0.1, -0.05) is 6.92 Å². The van der Waals surface area contributed by atoms with Crippen molar-refractivity contribution < 1.29 is 17.9 Å². The number of hydrogen-bond acceptors (Lipinski definition) is 5. The lowest BCUT2D eigenvalue weighted by atomic mass is 10.2. The second kappa shape index (κ2) is 8.52. The van der Waals surface area contributed by atoms with Crippen LogP contribution in [0.3, 0.4) is 0 Å². The van der Waals surface area contributed by atoms with Gasteiger partial charge in [0.15, 0.2) is 5.11 Å². The first-order valence-corrected chi connectivity index (χ1v) is 9.62. The van der Waals surface area contributed by atoms with Gasteiger partial charge in [-0.15, -0.1) is 0 Å². The van der Waals surface area contributed by atoms with Gasteiger partial charge >= 0.3 is 0 Å². The summed E-state index contributed by atoms with van der Waals surface area (Å²) in [5, 5.41) is 5.51. The highest BCUT2D eigenvalue weighted by Gasteiger charge is 2.20. The zero-order valence-electron chi connectivity index (χ0n) is 13.4. The summed E-state index contributed by atoms with van der Waals surface area (Å²) in [6.07, 6.45) is 2.10. The normalized spacial score (nSPS) is 17.5. The maximum Gasteiger partial charge on any atom is 0.240 e. The van der Waals surface area contributed by atoms with Gasteiger partial charge in [-0.2, -0.15) is 0 Å². The molecule has 0 saturated carbocycles. The Morgan fingerprint density at radius 1 is 1.33 bits per heavy atom. The van der Waals surface area contributed by atoms with Crippen LogP contribution in [0.15, 0.2) is 29.2 Å². The monoisotopic (exact) mass is 371 g/mol. The average Bonchev–Trinajstić information content (AvgIpc) is 3.07. The third kappa shape index (κ3) is 5.52. The van der Waals surface area contributed by atoms with Crippen LogP contribution >= 0.6 is 12.2 Å². The van der Waals surface area contributed by atoms with E-state index in [1.54, 1.807) is 19.1 Å². The fourth-order valence-electron chi connectivity index (χ4n) is 2.19. The molecule has 0 aliphatic carbocycles. The second-order valence-corrected chi connectivity index (χ2v) is 7.54. The number of rotatable bonds is 6. The van der Waals surface area contributed by atoms with Crippen LogP contribution in [0.2, 0.25) is 0 Å². The third-order valence-corrected chi connectivity index (χ3v) is 5.17. The molecule has 1 aromatic carbocycles. The van der Waals surface area contributed by atoms with Gasteiger partial charge in [0.1, 0.15) is 0 Å². The molecule has 1 fully saturated rings. The molecule has 132 valence electrons. The van der Waals surface area contributed by atoms with Crippen LogP contribution in [-0.2, 0) is 19.6 Å². The Kier molecular flexibility index (Phi) is 6.67. The summed E-state index contributed by atoms with van der Waals surface area (Å²) >= 11 is 5.00. The number of nitrogens with one attached hydrogen (secondary N) is 3. The van der Waals surface area contributed by atoms with Crippen LogP contribution in [0.4, 0.5) is 5.69 Å². The van der Waals surface area contributed by atoms with Crippen LogP contribution in [0.5, 0.6) is 0 Å².